The highest BCUT2D eigenvalue weighted by Gasteiger charge is 2.27. The minimum atomic E-state index is -3.64. The molecule has 2 aromatic carbocycles. The van der Waals surface area contributed by atoms with E-state index in [2.05, 4.69) is 30.9 Å². The molecule has 0 aliphatic carbocycles. The van der Waals surface area contributed by atoms with E-state index in [1.807, 2.05) is 18.2 Å². The average Bonchev–Trinajstić information content (AvgIpc) is 2.76. The lowest BCUT2D eigenvalue weighted by Crippen LogP contribution is -2.28. The molecule has 0 bridgehead atoms. The number of fused-ring (bicyclic) bond motifs is 1. The normalized spacial score (nSPS) is 17.6. The van der Waals surface area contributed by atoms with E-state index in [0.29, 0.717) is 6.04 Å². The second-order valence-corrected chi connectivity index (χ2v) is 7.50. The minimum Gasteiger partial charge on any atom is -0.364 e. The van der Waals surface area contributed by atoms with Gasteiger partial charge in [-0.3, -0.25) is 0 Å². The van der Waals surface area contributed by atoms with Crippen LogP contribution in [0, 0.1) is 6.92 Å². The van der Waals surface area contributed by atoms with Gasteiger partial charge in [0, 0.05) is 18.3 Å². The average molecular weight is 316 g/mol. The molecular formula is C17H20N2O2S. The third-order valence-electron chi connectivity index (χ3n) is 4.34. The Bertz CT molecular complexity index is 815. The molecule has 22 heavy (non-hydrogen) atoms. The Morgan fingerprint density at radius 3 is 2.64 bits per heavy atom. The van der Waals surface area contributed by atoms with Crippen molar-refractivity contribution in [3.8, 4) is 0 Å². The largest absolute Gasteiger partial charge is 0.364 e. The molecule has 1 heterocycles. The maximum absolute atomic E-state index is 11.5. The first-order valence-electron chi connectivity index (χ1n) is 7.33. The number of rotatable bonds is 3. The lowest BCUT2D eigenvalue weighted by molar-refractivity contribution is 0.597. The predicted molar refractivity (Wildman–Crippen MR) is 88.3 cm³/mol. The van der Waals surface area contributed by atoms with Crippen molar-refractivity contribution in [2.45, 2.75) is 37.8 Å². The van der Waals surface area contributed by atoms with Crippen LogP contribution in [0.4, 0.5) is 5.69 Å². The number of nitrogens with zero attached hydrogens (tertiary/aromatic N) is 1. The van der Waals surface area contributed by atoms with Crippen LogP contribution in [0.5, 0.6) is 0 Å². The first kappa shape index (κ1) is 15.1. The van der Waals surface area contributed by atoms with Crippen molar-refractivity contribution < 1.29 is 8.42 Å². The SMILES string of the molecule is Cc1ccccc1CN1c2ccc(S(N)(=O)=O)cc2C[C@H]1C. The van der Waals surface area contributed by atoms with Crippen LogP contribution in [0.15, 0.2) is 47.4 Å². The predicted octanol–water partition coefficient (Wildman–Crippen LogP) is 2.59. The maximum Gasteiger partial charge on any atom is 0.238 e. The smallest absolute Gasteiger partial charge is 0.238 e. The quantitative estimate of drug-likeness (QED) is 0.946. The Morgan fingerprint density at radius 2 is 1.95 bits per heavy atom. The second-order valence-electron chi connectivity index (χ2n) is 5.94. The second kappa shape index (κ2) is 5.41. The number of hydrogen-bond donors (Lipinski definition) is 1. The molecule has 1 atom stereocenters. The minimum absolute atomic E-state index is 0.191. The molecule has 3 rings (SSSR count). The summed E-state index contributed by atoms with van der Waals surface area (Å²) >= 11 is 0. The fourth-order valence-electron chi connectivity index (χ4n) is 3.06. The number of sulfonamides is 1. The first-order valence-corrected chi connectivity index (χ1v) is 8.88. The lowest BCUT2D eigenvalue weighted by Gasteiger charge is -2.26. The molecule has 1 aliphatic heterocycles. The van der Waals surface area contributed by atoms with Gasteiger partial charge in [0.05, 0.1) is 4.90 Å². The molecule has 0 saturated heterocycles. The summed E-state index contributed by atoms with van der Waals surface area (Å²) in [6, 6.07) is 13.9. The molecule has 0 aromatic heterocycles. The number of anilines is 1. The molecule has 0 saturated carbocycles. The highest BCUT2D eigenvalue weighted by atomic mass is 32.2. The van der Waals surface area contributed by atoms with Crippen LogP contribution in [0.25, 0.3) is 0 Å². The first-order chi connectivity index (χ1) is 10.4. The van der Waals surface area contributed by atoms with Crippen LogP contribution in [0.2, 0.25) is 0 Å². The molecule has 116 valence electrons. The monoisotopic (exact) mass is 316 g/mol. The Hall–Kier alpha value is -1.85. The molecule has 0 fully saturated rings. The summed E-state index contributed by atoms with van der Waals surface area (Å²) < 4.78 is 23.0. The summed E-state index contributed by atoms with van der Waals surface area (Å²) in [5.41, 5.74) is 4.71. The number of hydrogen-bond acceptors (Lipinski definition) is 3. The molecule has 2 aromatic rings. The number of benzene rings is 2. The van der Waals surface area contributed by atoms with Crippen molar-refractivity contribution in [3.05, 3.63) is 59.2 Å². The van der Waals surface area contributed by atoms with Gasteiger partial charge in [-0.05, 0) is 55.2 Å². The van der Waals surface area contributed by atoms with Gasteiger partial charge in [0.15, 0.2) is 0 Å². The van der Waals surface area contributed by atoms with Crippen molar-refractivity contribution in [2.75, 3.05) is 4.90 Å². The molecule has 2 N–H and O–H groups in total. The standard InChI is InChI=1S/C17H20N2O2S/c1-12-5-3-4-6-14(12)11-19-13(2)9-15-10-16(22(18,20)21)7-8-17(15)19/h3-8,10,13H,9,11H2,1-2H3,(H2,18,20,21)/t13-/m1/s1. The molecule has 1 aliphatic rings. The molecule has 5 heteroatoms. The van der Waals surface area contributed by atoms with Crippen LogP contribution in [-0.2, 0) is 23.0 Å². The summed E-state index contributed by atoms with van der Waals surface area (Å²) in [7, 11) is -3.64. The van der Waals surface area contributed by atoms with Crippen molar-refractivity contribution in [3.63, 3.8) is 0 Å². The van der Waals surface area contributed by atoms with E-state index < -0.39 is 10.0 Å². The molecule has 0 spiro atoms. The van der Waals surface area contributed by atoms with Crippen LogP contribution in [0.3, 0.4) is 0 Å². The Labute approximate surface area is 131 Å². The van der Waals surface area contributed by atoms with E-state index in [4.69, 9.17) is 5.14 Å². The highest BCUT2D eigenvalue weighted by molar-refractivity contribution is 7.89. The summed E-state index contributed by atoms with van der Waals surface area (Å²) in [6.45, 7) is 5.10. The van der Waals surface area contributed by atoms with E-state index >= 15 is 0 Å². The van der Waals surface area contributed by atoms with Crippen molar-refractivity contribution in [1.82, 2.24) is 0 Å². The number of aryl methyl sites for hydroxylation is 1. The molecule has 0 unspecified atom stereocenters. The van der Waals surface area contributed by atoms with Crippen molar-refractivity contribution in [1.29, 1.82) is 0 Å². The number of primary sulfonamides is 1. The van der Waals surface area contributed by atoms with E-state index in [0.717, 1.165) is 24.2 Å². The Balaban J connectivity index is 1.95. The summed E-state index contributed by atoms with van der Waals surface area (Å²) in [5.74, 6) is 0. The molecular weight excluding hydrogens is 296 g/mol. The van der Waals surface area contributed by atoms with Crippen molar-refractivity contribution in [2.24, 2.45) is 5.14 Å². The van der Waals surface area contributed by atoms with E-state index in [9.17, 15) is 8.42 Å². The summed E-state index contributed by atoms with van der Waals surface area (Å²) in [6.07, 6.45) is 0.838. The Morgan fingerprint density at radius 1 is 1.23 bits per heavy atom. The topological polar surface area (TPSA) is 63.4 Å². The lowest BCUT2D eigenvalue weighted by atomic mass is 10.1. The van der Waals surface area contributed by atoms with Gasteiger partial charge in [0.25, 0.3) is 0 Å². The molecule has 0 radical (unpaired) electrons. The van der Waals surface area contributed by atoms with E-state index in [1.165, 1.54) is 11.1 Å². The van der Waals surface area contributed by atoms with Gasteiger partial charge in [0.1, 0.15) is 0 Å². The fourth-order valence-corrected chi connectivity index (χ4v) is 3.62. The molecule has 4 nitrogen and oxygen atoms in total. The summed E-state index contributed by atoms with van der Waals surface area (Å²) in [5, 5.41) is 5.22. The van der Waals surface area contributed by atoms with Gasteiger partial charge in [0.2, 0.25) is 10.0 Å². The highest BCUT2D eigenvalue weighted by Crippen LogP contribution is 2.35. The van der Waals surface area contributed by atoms with Crippen LogP contribution < -0.4 is 10.0 Å². The Kier molecular flexibility index (Phi) is 3.70. The van der Waals surface area contributed by atoms with Gasteiger partial charge in [-0.2, -0.15) is 0 Å². The van der Waals surface area contributed by atoms with Crippen molar-refractivity contribution >= 4 is 15.7 Å². The van der Waals surface area contributed by atoms with E-state index in [-0.39, 0.29) is 4.90 Å². The molecule has 0 amide bonds. The summed E-state index contributed by atoms with van der Waals surface area (Å²) in [4.78, 5) is 2.51. The zero-order valence-corrected chi connectivity index (χ0v) is 13.6. The van der Waals surface area contributed by atoms with Crippen LogP contribution in [-0.4, -0.2) is 14.5 Å². The third-order valence-corrected chi connectivity index (χ3v) is 5.25. The van der Waals surface area contributed by atoms with Crippen LogP contribution >= 0.6 is 0 Å². The third kappa shape index (κ3) is 2.74. The zero-order valence-electron chi connectivity index (χ0n) is 12.8. The van der Waals surface area contributed by atoms with Gasteiger partial charge in [-0.25, -0.2) is 13.6 Å². The zero-order chi connectivity index (χ0) is 15.9. The van der Waals surface area contributed by atoms with Gasteiger partial charge in [-0.1, -0.05) is 24.3 Å². The van der Waals surface area contributed by atoms with Gasteiger partial charge in [-0.15, -0.1) is 0 Å². The van der Waals surface area contributed by atoms with Gasteiger partial charge >= 0.3 is 0 Å². The number of nitrogens with two attached hydrogens (primary N) is 1. The maximum atomic E-state index is 11.5. The van der Waals surface area contributed by atoms with Gasteiger partial charge < -0.3 is 4.90 Å². The fraction of sp³-hybridized carbons (Fsp3) is 0.294. The van der Waals surface area contributed by atoms with Crippen LogP contribution in [0.1, 0.15) is 23.6 Å². The van der Waals surface area contributed by atoms with E-state index in [1.54, 1.807) is 12.1 Å².